The molecule has 2 aromatic heterocycles. The van der Waals surface area contributed by atoms with Crippen molar-refractivity contribution in [3.05, 3.63) is 66.2 Å². The van der Waals surface area contributed by atoms with Crippen molar-refractivity contribution < 1.29 is 14.3 Å². The largest absolute Gasteiger partial charge is 0.493 e. The molecule has 1 amide bonds. The Hall–Kier alpha value is -3.68. The number of hydrogen-bond donors (Lipinski definition) is 2. The highest BCUT2D eigenvalue weighted by atomic mass is 16.5. The van der Waals surface area contributed by atoms with E-state index in [-0.39, 0.29) is 5.91 Å². The third kappa shape index (κ3) is 4.69. The summed E-state index contributed by atoms with van der Waals surface area (Å²) in [5.41, 5.74) is 1.88. The van der Waals surface area contributed by atoms with E-state index in [4.69, 9.17) is 9.47 Å². The maximum atomic E-state index is 12.2. The lowest BCUT2D eigenvalue weighted by molar-refractivity contribution is 0.0949. The van der Waals surface area contributed by atoms with E-state index < -0.39 is 0 Å². The average molecular weight is 365 g/mol. The van der Waals surface area contributed by atoms with Crippen LogP contribution in [0.15, 0.2) is 55.0 Å². The number of pyridine rings is 1. The van der Waals surface area contributed by atoms with Crippen molar-refractivity contribution in [1.29, 1.82) is 0 Å². The molecule has 0 bridgehead atoms. The van der Waals surface area contributed by atoms with Gasteiger partial charge >= 0.3 is 0 Å². The second-order valence-corrected chi connectivity index (χ2v) is 5.49. The van der Waals surface area contributed by atoms with E-state index in [0.717, 1.165) is 11.4 Å². The van der Waals surface area contributed by atoms with E-state index in [1.807, 2.05) is 24.3 Å². The number of nitrogens with one attached hydrogen (secondary N) is 2. The summed E-state index contributed by atoms with van der Waals surface area (Å²) >= 11 is 0. The van der Waals surface area contributed by atoms with Gasteiger partial charge in [0.05, 0.1) is 32.0 Å². The van der Waals surface area contributed by atoms with Gasteiger partial charge in [-0.1, -0.05) is 6.07 Å². The van der Waals surface area contributed by atoms with Gasteiger partial charge in [0.15, 0.2) is 11.5 Å². The Bertz CT molecular complexity index is 901. The van der Waals surface area contributed by atoms with E-state index in [0.29, 0.717) is 29.6 Å². The molecule has 3 aromatic rings. The molecular weight excluding hydrogens is 346 g/mol. The van der Waals surface area contributed by atoms with E-state index in [9.17, 15) is 4.79 Å². The number of benzene rings is 1. The van der Waals surface area contributed by atoms with E-state index in [2.05, 4.69) is 25.6 Å². The van der Waals surface area contributed by atoms with Crippen LogP contribution in [0.1, 0.15) is 16.1 Å². The van der Waals surface area contributed by atoms with E-state index in [1.165, 1.54) is 12.4 Å². The van der Waals surface area contributed by atoms with Crippen LogP contribution in [-0.4, -0.2) is 35.1 Å². The standard InChI is InChI=1S/C19H19N5O3/c1-26-16-7-6-14(9-17(16)27-2)24-19-22-10-13(11-23-19)18(25)21-12-15-5-3-4-8-20-15/h3-11H,12H2,1-2H3,(H,21,25)(H,22,23,24). The number of ether oxygens (including phenoxy) is 2. The molecule has 0 aliphatic carbocycles. The van der Waals surface area contributed by atoms with Crippen LogP contribution in [-0.2, 0) is 6.54 Å². The smallest absolute Gasteiger partial charge is 0.254 e. The van der Waals surface area contributed by atoms with Crippen LogP contribution < -0.4 is 20.1 Å². The second kappa shape index (κ2) is 8.61. The zero-order chi connectivity index (χ0) is 19.1. The first-order chi connectivity index (χ1) is 13.2. The van der Waals surface area contributed by atoms with Crippen LogP contribution in [0.5, 0.6) is 11.5 Å². The summed E-state index contributed by atoms with van der Waals surface area (Å²) in [4.78, 5) is 24.7. The minimum Gasteiger partial charge on any atom is -0.493 e. The predicted octanol–water partition coefficient (Wildman–Crippen LogP) is 2.56. The Morgan fingerprint density at radius 2 is 1.78 bits per heavy atom. The molecule has 0 saturated heterocycles. The Kier molecular flexibility index (Phi) is 5.78. The van der Waals surface area contributed by atoms with Crippen molar-refractivity contribution in [2.75, 3.05) is 19.5 Å². The summed E-state index contributed by atoms with van der Waals surface area (Å²) in [5.74, 6) is 1.32. The first-order valence-corrected chi connectivity index (χ1v) is 8.19. The molecule has 2 heterocycles. The Labute approximate surface area is 156 Å². The Morgan fingerprint density at radius 1 is 1.00 bits per heavy atom. The number of hydrogen-bond acceptors (Lipinski definition) is 7. The highest BCUT2D eigenvalue weighted by Gasteiger charge is 2.09. The third-order valence-electron chi connectivity index (χ3n) is 3.71. The van der Waals surface area contributed by atoms with Gasteiger partial charge in [-0.05, 0) is 24.3 Å². The van der Waals surface area contributed by atoms with Gasteiger partial charge in [0, 0.05) is 30.3 Å². The molecule has 0 radical (unpaired) electrons. The van der Waals surface area contributed by atoms with Crippen LogP contribution in [0.4, 0.5) is 11.6 Å². The maximum Gasteiger partial charge on any atom is 0.254 e. The molecular formula is C19H19N5O3. The van der Waals surface area contributed by atoms with Crippen LogP contribution in [0, 0.1) is 0 Å². The Morgan fingerprint density at radius 3 is 2.44 bits per heavy atom. The first kappa shape index (κ1) is 18.1. The highest BCUT2D eigenvalue weighted by molar-refractivity contribution is 5.93. The SMILES string of the molecule is COc1ccc(Nc2ncc(C(=O)NCc3ccccn3)cn2)cc1OC. The summed E-state index contributed by atoms with van der Waals surface area (Å²) in [7, 11) is 3.14. The fourth-order valence-electron chi connectivity index (χ4n) is 2.33. The number of aromatic nitrogens is 3. The van der Waals surface area contributed by atoms with E-state index in [1.54, 1.807) is 32.5 Å². The normalized spacial score (nSPS) is 10.1. The van der Waals surface area contributed by atoms with Crippen molar-refractivity contribution >= 4 is 17.5 Å². The molecule has 0 saturated carbocycles. The molecule has 8 nitrogen and oxygen atoms in total. The zero-order valence-corrected chi connectivity index (χ0v) is 15.0. The summed E-state index contributed by atoms with van der Waals surface area (Å²) in [6.07, 6.45) is 4.60. The van der Waals surface area contributed by atoms with Crippen molar-refractivity contribution in [2.24, 2.45) is 0 Å². The molecule has 0 fully saturated rings. The van der Waals surface area contributed by atoms with Crippen LogP contribution >= 0.6 is 0 Å². The molecule has 8 heteroatoms. The van der Waals surface area contributed by atoms with Gasteiger partial charge in [0.2, 0.25) is 5.95 Å². The number of amides is 1. The zero-order valence-electron chi connectivity index (χ0n) is 15.0. The van der Waals surface area contributed by atoms with Crippen molar-refractivity contribution in [3.8, 4) is 11.5 Å². The lowest BCUT2D eigenvalue weighted by atomic mass is 10.2. The number of anilines is 2. The molecule has 0 aliphatic rings. The molecule has 1 aromatic carbocycles. The fraction of sp³-hybridized carbons (Fsp3) is 0.158. The Balaban J connectivity index is 1.62. The molecule has 27 heavy (non-hydrogen) atoms. The van der Waals surface area contributed by atoms with Gasteiger partial charge in [0.25, 0.3) is 5.91 Å². The van der Waals surface area contributed by atoms with Crippen LogP contribution in [0.25, 0.3) is 0 Å². The third-order valence-corrected chi connectivity index (χ3v) is 3.71. The minimum atomic E-state index is -0.265. The van der Waals surface area contributed by atoms with Crippen LogP contribution in [0.2, 0.25) is 0 Å². The lowest BCUT2D eigenvalue weighted by Gasteiger charge is -2.10. The van der Waals surface area contributed by atoms with Gasteiger partial charge in [-0.25, -0.2) is 9.97 Å². The molecule has 0 atom stereocenters. The number of carbonyl (C=O) groups excluding carboxylic acids is 1. The van der Waals surface area contributed by atoms with Crippen molar-refractivity contribution in [1.82, 2.24) is 20.3 Å². The molecule has 138 valence electrons. The topological polar surface area (TPSA) is 98.3 Å². The van der Waals surface area contributed by atoms with Crippen molar-refractivity contribution in [2.45, 2.75) is 6.54 Å². The molecule has 0 aliphatic heterocycles. The first-order valence-electron chi connectivity index (χ1n) is 8.19. The monoisotopic (exact) mass is 365 g/mol. The molecule has 0 spiro atoms. The second-order valence-electron chi connectivity index (χ2n) is 5.49. The summed E-state index contributed by atoms with van der Waals surface area (Å²) in [5, 5.41) is 5.83. The van der Waals surface area contributed by atoms with E-state index >= 15 is 0 Å². The van der Waals surface area contributed by atoms with Crippen LogP contribution in [0.3, 0.4) is 0 Å². The maximum absolute atomic E-state index is 12.2. The lowest BCUT2D eigenvalue weighted by Crippen LogP contribution is -2.23. The minimum absolute atomic E-state index is 0.265. The molecule has 2 N–H and O–H groups in total. The van der Waals surface area contributed by atoms with Gasteiger partial charge < -0.3 is 20.1 Å². The number of methoxy groups -OCH3 is 2. The highest BCUT2D eigenvalue weighted by Crippen LogP contribution is 2.30. The molecule has 0 unspecified atom stereocenters. The summed E-state index contributed by atoms with van der Waals surface area (Å²) in [6, 6.07) is 10.9. The van der Waals surface area contributed by atoms with Crippen molar-refractivity contribution in [3.63, 3.8) is 0 Å². The number of carbonyl (C=O) groups is 1. The van der Waals surface area contributed by atoms with Gasteiger partial charge in [-0.3, -0.25) is 9.78 Å². The average Bonchev–Trinajstić information content (AvgIpc) is 2.73. The summed E-state index contributed by atoms with van der Waals surface area (Å²) < 4.78 is 10.5. The predicted molar refractivity (Wildman–Crippen MR) is 100 cm³/mol. The van der Waals surface area contributed by atoms with Gasteiger partial charge in [-0.2, -0.15) is 0 Å². The number of rotatable bonds is 7. The fourth-order valence-corrected chi connectivity index (χ4v) is 2.33. The number of nitrogens with zero attached hydrogens (tertiary/aromatic N) is 3. The van der Waals surface area contributed by atoms with Gasteiger partial charge in [0.1, 0.15) is 0 Å². The summed E-state index contributed by atoms with van der Waals surface area (Å²) in [6.45, 7) is 0.339. The quantitative estimate of drug-likeness (QED) is 0.664. The van der Waals surface area contributed by atoms with Gasteiger partial charge in [-0.15, -0.1) is 0 Å². The molecule has 3 rings (SSSR count).